The lowest BCUT2D eigenvalue weighted by Crippen LogP contribution is -2.11. The first-order valence-electron chi connectivity index (χ1n) is 7.55. The summed E-state index contributed by atoms with van der Waals surface area (Å²) in [6.07, 6.45) is 0. The van der Waals surface area contributed by atoms with Crippen molar-refractivity contribution in [1.29, 1.82) is 0 Å². The van der Waals surface area contributed by atoms with Gasteiger partial charge in [0.05, 0.1) is 30.9 Å². The maximum Gasteiger partial charge on any atom is 0.338 e. The van der Waals surface area contributed by atoms with Gasteiger partial charge < -0.3 is 19.3 Å². The fourth-order valence-electron chi connectivity index (χ4n) is 1.98. The first-order chi connectivity index (χ1) is 11.5. The molecule has 0 aliphatic heterocycles. The molecule has 0 amide bonds. The molecule has 0 fully saturated rings. The van der Waals surface area contributed by atoms with E-state index in [1.54, 1.807) is 32.9 Å². The molecule has 0 spiro atoms. The Hall–Kier alpha value is -2.90. The van der Waals surface area contributed by atoms with E-state index in [4.69, 9.17) is 14.0 Å². The van der Waals surface area contributed by atoms with Gasteiger partial charge in [-0.2, -0.15) is 4.98 Å². The van der Waals surface area contributed by atoms with Gasteiger partial charge in [0.15, 0.2) is 5.82 Å². The first-order valence-corrected chi connectivity index (χ1v) is 7.55. The molecule has 0 aliphatic rings. The quantitative estimate of drug-likeness (QED) is 0.770. The third kappa shape index (κ3) is 4.55. The number of ether oxygens (including phenoxy) is 2. The molecule has 8 heteroatoms. The van der Waals surface area contributed by atoms with E-state index < -0.39 is 11.9 Å². The van der Waals surface area contributed by atoms with Crippen LogP contribution in [0.15, 0.2) is 22.7 Å². The molecule has 2 aromatic rings. The van der Waals surface area contributed by atoms with Crippen LogP contribution in [0.2, 0.25) is 0 Å². The Bertz CT molecular complexity index is 690. The van der Waals surface area contributed by atoms with Crippen molar-refractivity contribution in [2.75, 3.05) is 18.5 Å². The van der Waals surface area contributed by atoms with Crippen LogP contribution < -0.4 is 5.32 Å². The second-order valence-corrected chi connectivity index (χ2v) is 4.83. The second-order valence-electron chi connectivity index (χ2n) is 4.83. The number of benzene rings is 1. The molecule has 24 heavy (non-hydrogen) atoms. The largest absolute Gasteiger partial charge is 0.462 e. The van der Waals surface area contributed by atoms with Crippen molar-refractivity contribution in [3.63, 3.8) is 0 Å². The van der Waals surface area contributed by atoms with Crippen LogP contribution in [0.1, 0.15) is 46.3 Å². The van der Waals surface area contributed by atoms with Gasteiger partial charge in [-0.25, -0.2) is 9.59 Å². The number of anilines is 1. The number of esters is 2. The number of aryl methyl sites for hydroxylation is 1. The Kier molecular flexibility index (Phi) is 5.89. The predicted molar refractivity (Wildman–Crippen MR) is 84.7 cm³/mol. The average molecular weight is 333 g/mol. The third-order valence-corrected chi connectivity index (χ3v) is 2.97. The average Bonchev–Trinajstić information content (AvgIpc) is 2.98. The maximum atomic E-state index is 12.0. The van der Waals surface area contributed by atoms with Gasteiger partial charge in [-0.15, -0.1) is 0 Å². The number of carbonyl (C=O) groups excluding carboxylic acids is 2. The molecule has 1 aromatic carbocycles. The number of carbonyl (C=O) groups is 2. The van der Waals surface area contributed by atoms with Crippen molar-refractivity contribution in [2.24, 2.45) is 0 Å². The van der Waals surface area contributed by atoms with Gasteiger partial charge in [-0.3, -0.25) is 0 Å². The Labute approximate surface area is 139 Å². The van der Waals surface area contributed by atoms with Crippen LogP contribution in [-0.2, 0) is 16.0 Å². The third-order valence-electron chi connectivity index (χ3n) is 2.97. The van der Waals surface area contributed by atoms with Crippen LogP contribution in [0.25, 0.3) is 0 Å². The Morgan fingerprint density at radius 3 is 2.12 bits per heavy atom. The highest BCUT2D eigenvalue weighted by Crippen LogP contribution is 2.18. The Morgan fingerprint density at radius 1 is 1.08 bits per heavy atom. The summed E-state index contributed by atoms with van der Waals surface area (Å²) in [6.45, 7) is 5.88. The zero-order chi connectivity index (χ0) is 17.5. The molecular formula is C16H19N3O5. The minimum absolute atomic E-state index is 0.243. The monoisotopic (exact) mass is 333 g/mol. The molecule has 128 valence electrons. The van der Waals surface area contributed by atoms with Gasteiger partial charge in [0.2, 0.25) is 5.89 Å². The summed E-state index contributed by atoms with van der Waals surface area (Å²) in [7, 11) is 0. The molecule has 0 bridgehead atoms. The molecule has 0 aliphatic carbocycles. The van der Waals surface area contributed by atoms with Crippen molar-refractivity contribution < 1.29 is 23.6 Å². The van der Waals surface area contributed by atoms with Crippen molar-refractivity contribution in [3.05, 3.63) is 41.0 Å². The van der Waals surface area contributed by atoms with Gasteiger partial charge in [0.25, 0.3) is 0 Å². The lowest BCUT2D eigenvalue weighted by atomic mass is 10.1. The second kappa shape index (κ2) is 8.09. The minimum Gasteiger partial charge on any atom is -0.462 e. The van der Waals surface area contributed by atoms with Gasteiger partial charge in [-0.05, 0) is 39.0 Å². The van der Waals surface area contributed by atoms with Crippen molar-refractivity contribution in [3.8, 4) is 0 Å². The zero-order valence-corrected chi connectivity index (χ0v) is 13.8. The van der Waals surface area contributed by atoms with E-state index in [1.807, 2.05) is 0 Å². The lowest BCUT2D eigenvalue weighted by Gasteiger charge is -2.10. The molecule has 1 heterocycles. The van der Waals surface area contributed by atoms with E-state index in [9.17, 15) is 9.59 Å². The summed E-state index contributed by atoms with van der Waals surface area (Å²) in [4.78, 5) is 28.0. The standard InChI is InChI=1S/C16H19N3O5/c1-4-22-15(20)11-6-12(16(21)23-5-2)8-13(7-11)17-9-14-18-10(3)19-24-14/h6-8,17H,4-5,9H2,1-3H3. The van der Waals surface area contributed by atoms with E-state index in [0.29, 0.717) is 17.4 Å². The number of rotatable bonds is 7. The van der Waals surface area contributed by atoms with Crippen LogP contribution in [0.3, 0.4) is 0 Å². The highest BCUT2D eigenvalue weighted by molar-refractivity contribution is 5.97. The van der Waals surface area contributed by atoms with Gasteiger partial charge in [0.1, 0.15) is 0 Å². The minimum atomic E-state index is -0.514. The van der Waals surface area contributed by atoms with Crippen LogP contribution in [-0.4, -0.2) is 35.3 Å². The SMILES string of the molecule is CCOC(=O)c1cc(NCc2nc(C)no2)cc(C(=O)OCC)c1. The van der Waals surface area contributed by atoms with Crippen LogP contribution in [0.5, 0.6) is 0 Å². The fraction of sp³-hybridized carbons (Fsp3) is 0.375. The molecule has 0 atom stereocenters. The van der Waals surface area contributed by atoms with Crippen LogP contribution >= 0.6 is 0 Å². The van der Waals surface area contributed by atoms with Crippen LogP contribution in [0, 0.1) is 6.92 Å². The Morgan fingerprint density at radius 2 is 1.67 bits per heavy atom. The highest BCUT2D eigenvalue weighted by Gasteiger charge is 2.15. The molecule has 0 saturated heterocycles. The van der Waals surface area contributed by atoms with E-state index >= 15 is 0 Å². The smallest absolute Gasteiger partial charge is 0.338 e. The van der Waals surface area contributed by atoms with E-state index in [2.05, 4.69) is 15.5 Å². The summed E-state index contributed by atoms with van der Waals surface area (Å²) < 4.78 is 15.0. The van der Waals surface area contributed by atoms with E-state index in [0.717, 1.165) is 0 Å². The molecule has 0 unspecified atom stereocenters. The van der Waals surface area contributed by atoms with Gasteiger partial charge in [-0.1, -0.05) is 5.16 Å². The Balaban J connectivity index is 2.23. The number of nitrogens with one attached hydrogen (secondary N) is 1. The topological polar surface area (TPSA) is 104 Å². The van der Waals surface area contributed by atoms with Gasteiger partial charge >= 0.3 is 11.9 Å². The normalized spacial score (nSPS) is 10.3. The molecule has 0 saturated carbocycles. The summed E-state index contributed by atoms with van der Waals surface area (Å²) in [5, 5.41) is 6.73. The van der Waals surface area contributed by atoms with Crippen molar-refractivity contribution in [1.82, 2.24) is 10.1 Å². The summed E-state index contributed by atoms with van der Waals surface area (Å²) >= 11 is 0. The number of hydrogen-bond donors (Lipinski definition) is 1. The molecule has 1 aromatic heterocycles. The molecule has 8 nitrogen and oxygen atoms in total. The molecule has 0 radical (unpaired) electrons. The van der Waals surface area contributed by atoms with Crippen LogP contribution in [0.4, 0.5) is 5.69 Å². The predicted octanol–water partition coefficient (Wildman–Crippen LogP) is 2.34. The number of nitrogens with zero attached hydrogens (tertiary/aromatic N) is 2. The van der Waals surface area contributed by atoms with E-state index in [-0.39, 0.29) is 30.9 Å². The molecule has 1 N–H and O–H groups in total. The van der Waals surface area contributed by atoms with Crippen molar-refractivity contribution in [2.45, 2.75) is 27.3 Å². The summed E-state index contributed by atoms with van der Waals surface area (Å²) in [5.74, 6) is -0.105. The first kappa shape index (κ1) is 17.5. The highest BCUT2D eigenvalue weighted by atomic mass is 16.5. The number of hydrogen-bond acceptors (Lipinski definition) is 8. The summed E-state index contributed by atoms with van der Waals surface area (Å²) in [5.41, 5.74) is 1.05. The summed E-state index contributed by atoms with van der Waals surface area (Å²) in [6, 6.07) is 4.62. The number of aromatic nitrogens is 2. The molecular weight excluding hydrogens is 314 g/mol. The zero-order valence-electron chi connectivity index (χ0n) is 13.8. The lowest BCUT2D eigenvalue weighted by molar-refractivity contribution is 0.0525. The van der Waals surface area contributed by atoms with E-state index in [1.165, 1.54) is 6.07 Å². The molecule has 2 rings (SSSR count). The van der Waals surface area contributed by atoms with Crippen molar-refractivity contribution >= 4 is 17.6 Å². The maximum absolute atomic E-state index is 12.0. The fourth-order valence-corrected chi connectivity index (χ4v) is 1.98. The van der Waals surface area contributed by atoms with Gasteiger partial charge in [0, 0.05) is 5.69 Å².